The first-order chi connectivity index (χ1) is 47.8. The van der Waals surface area contributed by atoms with Gasteiger partial charge in [0.2, 0.25) is 0 Å². The van der Waals surface area contributed by atoms with E-state index in [1.54, 1.807) is 13.8 Å². The summed E-state index contributed by atoms with van der Waals surface area (Å²) in [5.41, 5.74) is 24.2. The van der Waals surface area contributed by atoms with Crippen LogP contribution in [0.2, 0.25) is 0 Å². The molecule has 6 aromatic rings. The molecule has 4 aliphatic heterocycles. The van der Waals surface area contributed by atoms with Gasteiger partial charge in [-0.3, -0.25) is 36.4 Å². The topological polar surface area (TPSA) is 525 Å². The summed E-state index contributed by atoms with van der Waals surface area (Å²) in [5.74, 6) is -0.0393. The maximum atomic E-state index is 14.5. The Morgan fingerprint density at radius 3 is 1.29 bits per heavy atom. The molecule has 0 amide bonds. The van der Waals surface area contributed by atoms with Gasteiger partial charge in [0.05, 0.1) is 91.4 Å². The van der Waals surface area contributed by atoms with Crippen LogP contribution in [0.4, 0.5) is 23.3 Å². The molecule has 0 spiro atoms. The zero-order valence-electron chi connectivity index (χ0n) is 55.1. The van der Waals surface area contributed by atoms with Gasteiger partial charge in [0.15, 0.2) is 47.8 Å². The van der Waals surface area contributed by atoms with Crippen LogP contribution in [0.1, 0.15) is 55.8 Å². The van der Waals surface area contributed by atoms with Crippen LogP contribution in [0, 0.1) is 13.8 Å². The molecule has 46 heteroatoms. The highest BCUT2D eigenvalue weighted by atomic mass is 32.5. The van der Waals surface area contributed by atoms with Crippen molar-refractivity contribution in [2.45, 2.75) is 132 Å². The summed E-state index contributed by atoms with van der Waals surface area (Å²) in [5, 5.41) is 11.8. The number of aliphatic hydroxyl groups is 1. The lowest BCUT2D eigenvalue weighted by Gasteiger charge is -2.30. The zero-order valence-corrected chi connectivity index (χ0v) is 59.4. The first kappa shape index (κ1) is 77.3. The van der Waals surface area contributed by atoms with Crippen molar-refractivity contribution in [2.75, 3.05) is 124 Å². The van der Waals surface area contributed by atoms with E-state index in [1.807, 2.05) is 6.92 Å². The number of ether oxygens (including phenoxy) is 12. The van der Waals surface area contributed by atoms with E-state index in [2.05, 4.69) is 39.9 Å². The van der Waals surface area contributed by atoms with Gasteiger partial charge in [-0.25, -0.2) is 44.1 Å². The number of aryl methyl sites for hydroxylation is 2. The number of imidazole rings is 2. The molecule has 0 aromatic carbocycles. The number of hydrogen-bond acceptors (Lipinski definition) is 36. The minimum absolute atomic E-state index is 0.0112. The fraction of sp³-hybridized carbons (Fsp3) is 0.667. The van der Waals surface area contributed by atoms with Gasteiger partial charge in [-0.1, -0.05) is 13.3 Å². The van der Waals surface area contributed by atoms with Crippen molar-refractivity contribution in [1.29, 1.82) is 0 Å². The summed E-state index contributed by atoms with van der Waals surface area (Å²) in [7, 11) is 0.395. The molecule has 554 valence electrons. The monoisotopic (exact) mass is 1510 g/mol. The third kappa shape index (κ3) is 17.9. The van der Waals surface area contributed by atoms with Gasteiger partial charge in [0.25, 0.3) is 0 Å². The molecule has 0 radical (unpaired) electrons. The van der Waals surface area contributed by atoms with E-state index < -0.39 is 151 Å². The standard InChI is InChI=1S/C54H81N16O25P3S2/c1-8-9-29-36(40(83-15-11-79-5)50(89-29)67-18-27(2)43(55)65-53(67)72)93-96(74,75)86-21-31-37(41(84-16-12-80-6)51(91-31)68-19-28(3)44(56)66-54(68)73)94-98(77,100)88-22-32-38(42(85-17-13-81-7)52(92-32)70-26-64-34-46(58)60-24-62-48(34)70)95-97(76,99)87-20-30-35(71)39(82-14-10-78-4)49(90-30)69-25-63-33-45(57)59-23-61-47(33)69/h18-19,23-26,29-32,35-42,49-52,71H,8-17,20-22H2,1-7H3,(H,74,75)(H,76,99)(H,77,100)(H2,55,65,72)(H2,56,66,73)(H2,57,59,61)(H2,58,60,62)/t29-,30-,31-,32-,35?,36?,37?,38?,39+,40+,41+,42+,49-,50-,51-,52-,97?,98?/m1/s1. The Morgan fingerprint density at radius 1 is 0.490 bits per heavy atom. The van der Waals surface area contributed by atoms with E-state index in [0.29, 0.717) is 17.5 Å². The molecule has 7 unspecified atom stereocenters. The Labute approximate surface area is 580 Å². The third-order valence-corrected chi connectivity index (χ3v) is 20.4. The highest BCUT2D eigenvalue weighted by Crippen LogP contribution is 2.55. The normalized spacial score (nSPS) is 28.9. The number of hydrogen-bond donors (Lipinski definition) is 8. The van der Waals surface area contributed by atoms with Crippen molar-refractivity contribution in [3.05, 3.63) is 69.8 Å². The number of methoxy groups -OCH3 is 4. The molecule has 12 N–H and O–H groups in total. The Hall–Kier alpha value is -5.29. The molecule has 10 rings (SSSR count). The second-order valence-electron chi connectivity index (χ2n) is 23.0. The van der Waals surface area contributed by atoms with Crippen LogP contribution < -0.4 is 34.3 Å². The van der Waals surface area contributed by atoms with Crippen molar-refractivity contribution in [2.24, 2.45) is 0 Å². The molecule has 6 aromatic heterocycles. The molecule has 10 heterocycles. The summed E-state index contributed by atoms with van der Waals surface area (Å²) in [4.78, 5) is 96.9. The maximum Gasteiger partial charge on any atom is 0.472 e. The Kier molecular flexibility index (Phi) is 26.4. The second kappa shape index (κ2) is 34.1. The first-order valence-corrected chi connectivity index (χ1v) is 37.7. The van der Waals surface area contributed by atoms with Gasteiger partial charge in [-0.2, -0.15) is 9.97 Å². The van der Waals surface area contributed by atoms with Crippen LogP contribution in [0.5, 0.6) is 0 Å². The number of fused-ring (bicyclic) bond motifs is 2. The predicted molar refractivity (Wildman–Crippen MR) is 353 cm³/mol. The second-order valence-corrected chi connectivity index (χ2v) is 30.0. The number of aliphatic hydroxyl groups excluding tert-OH is 1. The number of nitrogens with two attached hydrogens (primary N) is 4. The molecule has 0 aliphatic carbocycles. The van der Waals surface area contributed by atoms with E-state index in [9.17, 15) is 33.9 Å². The molecule has 4 fully saturated rings. The van der Waals surface area contributed by atoms with E-state index in [4.69, 9.17) is 131 Å². The SMILES string of the molecule is CCC[C@H]1O[C@@H](n2cc(C)c(N)nc2=O)[C@@H](OCCOC)C1OP(=O)(O)OC[C@H]1O[C@@H](n2cc(C)c(N)nc2=O)[C@@H](OCCOC)C1OP(O)(=S)OC[C@H]1O[C@@H](n2cnc3c(N)ncnc32)[C@@H](OCCOC)C1OP(O)(=S)OC[C@H]1O[C@@H](n2cnc3c(N)ncnc32)[C@@H](OCCOC)C1O. The number of nitrogen functional groups attached to an aromatic ring is 4. The fourth-order valence-corrected chi connectivity index (χ4v) is 15.4. The molecular weight excluding hydrogens is 1430 g/mol. The summed E-state index contributed by atoms with van der Waals surface area (Å²) in [6.45, 7) is -6.91. The maximum absolute atomic E-state index is 14.5. The van der Waals surface area contributed by atoms with Crippen molar-refractivity contribution in [3.63, 3.8) is 0 Å². The fourth-order valence-electron chi connectivity index (χ4n) is 11.5. The molecule has 0 saturated carbocycles. The van der Waals surface area contributed by atoms with Gasteiger partial charge in [-0.05, 0) is 43.9 Å². The lowest BCUT2D eigenvalue weighted by atomic mass is 10.1. The van der Waals surface area contributed by atoms with Crippen LogP contribution in [0.3, 0.4) is 0 Å². The molecule has 19 atom stereocenters. The molecule has 41 nitrogen and oxygen atoms in total. The Bertz CT molecular complexity index is 4020. The summed E-state index contributed by atoms with van der Waals surface area (Å²) >= 11 is 11.5. The largest absolute Gasteiger partial charge is 0.472 e. The van der Waals surface area contributed by atoms with E-state index in [1.165, 1.54) is 75.3 Å². The first-order valence-electron chi connectivity index (χ1n) is 31.1. The number of phosphoric ester groups is 1. The molecule has 100 heavy (non-hydrogen) atoms. The minimum Gasteiger partial charge on any atom is -0.387 e. The molecule has 4 aliphatic rings. The van der Waals surface area contributed by atoms with Crippen molar-refractivity contribution in [3.8, 4) is 0 Å². The number of nitrogens with zero attached hydrogens (tertiary/aromatic N) is 12. The van der Waals surface area contributed by atoms with Crippen LogP contribution in [0.15, 0.2) is 47.3 Å². The highest BCUT2D eigenvalue weighted by molar-refractivity contribution is 8.07. The third-order valence-electron chi connectivity index (χ3n) is 16.3. The highest BCUT2D eigenvalue weighted by Gasteiger charge is 2.56. The predicted octanol–water partition coefficient (Wildman–Crippen LogP) is -0.258. The van der Waals surface area contributed by atoms with Crippen molar-refractivity contribution in [1.82, 2.24) is 58.1 Å². The summed E-state index contributed by atoms with van der Waals surface area (Å²) in [6, 6.07) is 0. The van der Waals surface area contributed by atoms with Crippen molar-refractivity contribution >= 4 is 90.5 Å². The Balaban J connectivity index is 0.938. The summed E-state index contributed by atoms with van der Waals surface area (Å²) < 4.78 is 128. The lowest BCUT2D eigenvalue weighted by Crippen LogP contribution is -2.41. The Morgan fingerprint density at radius 2 is 0.860 bits per heavy atom. The van der Waals surface area contributed by atoms with E-state index in [0.717, 1.165) is 9.13 Å². The number of aromatic nitrogens is 12. The van der Waals surface area contributed by atoms with Crippen LogP contribution in [-0.2, 0) is 112 Å². The number of phosphoric acid groups is 1. The summed E-state index contributed by atoms with van der Waals surface area (Å²) in [6.07, 6.45) is -13.2. The quantitative estimate of drug-likeness (QED) is 0.0184. The van der Waals surface area contributed by atoms with Crippen LogP contribution in [0.25, 0.3) is 22.3 Å². The molecule has 0 bridgehead atoms. The van der Waals surface area contributed by atoms with Gasteiger partial charge in [-0.15, -0.1) is 0 Å². The zero-order chi connectivity index (χ0) is 71.8. The lowest BCUT2D eigenvalue weighted by molar-refractivity contribution is -0.0844. The van der Waals surface area contributed by atoms with Gasteiger partial charge in [0, 0.05) is 52.0 Å². The van der Waals surface area contributed by atoms with Crippen LogP contribution in [-0.4, -0.2) is 252 Å². The molecular formula is C54H81N16O25P3S2. The van der Waals surface area contributed by atoms with Gasteiger partial charge < -0.3 is 109 Å². The van der Waals surface area contributed by atoms with E-state index in [-0.39, 0.29) is 105 Å². The molecule has 4 saturated heterocycles. The average Bonchev–Trinajstić information content (AvgIpc) is 1.64. The average molecular weight is 1510 g/mol. The number of rotatable bonds is 37. The van der Waals surface area contributed by atoms with Crippen molar-refractivity contribution < 1.29 is 108 Å². The number of anilines is 4. The van der Waals surface area contributed by atoms with Gasteiger partial charge in [0.1, 0.15) is 102 Å². The minimum atomic E-state index is -5.34. The van der Waals surface area contributed by atoms with Crippen LogP contribution >= 0.6 is 21.3 Å². The van der Waals surface area contributed by atoms with E-state index >= 15 is 0 Å². The van der Waals surface area contributed by atoms with Gasteiger partial charge >= 0.3 is 32.6 Å². The smallest absolute Gasteiger partial charge is 0.387 e.